The van der Waals surface area contributed by atoms with Gasteiger partial charge in [0.15, 0.2) is 5.78 Å². The summed E-state index contributed by atoms with van der Waals surface area (Å²) in [5.74, 6) is 0.169. The van der Waals surface area contributed by atoms with E-state index in [-0.39, 0.29) is 5.78 Å². The number of aromatic amines is 1. The average Bonchev–Trinajstić information content (AvgIpc) is 2.94. The van der Waals surface area contributed by atoms with Gasteiger partial charge in [-0.15, -0.1) is 0 Å². The zero-order valence-corrected chi connectivity index (χ0v) is 11.6. The number of rotatable bonds is 1. The summed E-state index contributed by atoms with van der Waals surface area (Å²) in [6.45, 7) is 0. The first-order valence-corrected chi connectivity index (χ1v) is 7.22. The average molecular weight is 273 g/mol. The number of aryl methyl sites for hydroxylation is 1. The molecule has 21 heavy (non-hydrogen) atoms. The monoisotopic (exact) mass is 273 g/mol. The fourth-order valence-electron chi connectivity index (χ4n) is 3.05. The lowest BCUT2D eigenvalue weighted by Crippen LogP contribution is -2.13. The van der Waals surface area contributed by atoms with Crippen LogP contribution in [0.5, 0.6) is 0 Å². The van der Waals surface area contributed by atoms with E-state index >= 15 is 0 Å². The van der Waals surface area contributed by atoms with E-state index in [2.05, 4.69) is 23.2 Å². The van der Waals surface area contributed by atoms with Crippen LogP contribution in [0.2, 0.25) is 0 Å². The van der Waals surface area contributed by atoms with E-state index < -0.39 is 0 Å². The van der Waals surface area contributed by atoms with Crippen LogP contribution in [-0.2, 0) is 6.42 Å². The summed E-state index contributed by atoms with van der Waals surface area (Å²) in [5, 5.41) is 1.16. The number of nitrogens with one attached hydrogen (secondary N) is 1. The van der Waals surface area contributed by atoms with Crippen LogP contribution in [0.1, 0.15) is 27.9 Å². The highest BCUT2D eigenvalue weighted by Gasteiger charge is 2.21. The van der Waals surface area contributed by atoms with Crippen molar-refractivity contribution in [3.8, 4) is 0 Å². The highest BCUT2D eigenvalue weighted by Crippen LogP contribution is 2.28. The van der Waals surface area contributed by atoms with E-state index in [1.54, 1.807) is 0 Å². The van der Waals surface area contributed by atoms with E-state index in [4.69, 9.17) is 0 Å². The lowest BCUT2D eigenvalue weighted by atomic mass is 9.86. The molecule has 0 spiro atoms. The van der Waals surface area contributed by atoms with Crippen molar-refractivity contribution < 1.29 is 4.79 Å². The van der Waals surface area contributed by atoms with Gasteiger partial charge in [0.1, 0.15) is 0 Å². The molecule has 1 aromatic heterocycles. The molecular weight excluding hydrogens is 258 g/mol. The number of carbonyl (C=O) groups is 1. The Morgan fingerprint density at radius 2 is 1.76 bits per heavy atom. The number of hydrogen-bond donors (Lipinski definition) is 1. The Morgan fingerprint density at radius 3 is 2.71 bits per heavy atom. The standard InChI is InChI=1S/C19H15NO/c21-19-14(10-9-13-5-1-2-7-17(13)19)11-15-12-20-18-8-4-3-6-16(15)18/h1-8,11-12,20H,9-10H2/b14-11-. The Balaban J connectivity index is 1.79. The zero-order valence-electron chi connectivity index (χ0n) is 11.6. The van der Waals surface area contributed by atoms with Gasteiger partial charge in [-0.25, -0.2) is 0 Å². The number of para-hydroxylation sites is 1. The Kier molecular flexibility index (Phi) is 2.74. The third-order valence-corrected chi connectivity index (χ3v) is 4.17. The fourth-order valence-corrected chi connectivity index (χ4v) is 3.05. The number of aromatic nitrogens is 1. The topological polar surface area (TPSA) is 32.9 Å². The molecule has 1 aliphatic carbocycles. The molecule has 2 nitrogen and oxygen atoms in total. The zero-order chi connectivity index (χ0) is 14.2. The minimum absolute atomic E-state index is 0.169. The van der Waals surface area contributed by atoms with Crippen LogP contribution in [0.3, 0.4) is 0 Å². The number of carbonyl (C=O) groups excluding carboxylic acids is 1. The molecule has 0 aliphatic heterocycles. The predicted molar refractivity (Wildman–Crippen MR) is 85.4 cm³/mol. The first-order chi connectivity index (χ1) is 10.3. The molecule has 0 atom stereocenters. The second-order valence-corrected chi connectivity index (χ2v) is 5.45. The largest absolute Gasteiger partial charge is 0.361 e. The van der Waals surface area contributed by atoms with Gasteiger partial charge in [0.25, 0.3) is 0 Å². The van der Waals surface area contributed by atoms with Gasteiger partial charge in [-0.1, -0.05) is 42.5 Å². The van der Waals surface area contributed by atoms with Gasteiger partial charge in [0.2, 0.25) is 0 Å². The van der Waals surface area contributed by atoms with Gasteiger partial charge in [0.05, 0.1) is 0 Å². The van der Waals surface area contributed by atoms with Gasteiger partial charge < -0.3 is 4.98 Å². The molecule has 0 bridgehead atoms. The molecule has 2 heteroatoms. The van der Waals surface area contributed by atoms with Crippen LogP contribution in [0.25, 0.3) is 17.0 Å². The molecule has 1 N–H and O–H groups in total. The van der Waals surface area contributed by atoms with Crippen molar-refractivity contribution in [2.24, 2.45) is 0 Å². The second kappa shape index (κ2) is 4.74. The Morgan fingerprint density at radius 1 is 0.952 bits per heavy atom. The number of ketones is 1. The molecule has 0 saturated heterocycles. The maximum atomic E-state index is 12.6. The molecule has 102 valence electrons. The molecule has 0 saturated carbocycles. The molecule has 0 fully saturated rings. The summed E-state index contributed by atoms with van der Waals surface area (Å²) in [6, 6.07) is 16.1. The first-order valence-electron chi connectivity index (χ1n) is 7.22. The molecule has 1 aliphatic rings. The first kappa shape index (κ1) is 12.2. The molecule has 0 amide bonds. The molecule has 0 radical (unpaired) electrons. The van der Waals surface area contributed by atoms with Crippen molar-refractivity contribution in [2.45, 2.75) is 12.8 Å². The minimum Gasteiger partial charge on any atom is -0.361 e. The van der Waals surface area contributed by atoms with Crippen molar-refractivity contribution in [1.82, 2.24) is 4.98 Å². The van der Waals surface area contributed by atoms with Crippen molar-refractivity contribution in [3.63, 3.8) is 0 Å². The molecule has 2 aromatic carbocycles. The maximum absolute atomic E-state index is 12.6. The van der Waals surface area contributed by atoms with E-state index in [0.29, 0.717) is 0 Å². The van der Waals surface area contributed by atoms with Crippen LogP contribution in [0.15, 0.2) is 60.3 Å². The van der Waals surface area contributed by atoms with E-state index in [9.17, 15) is 4.79 Å². The van der Waals surface area contributed by atoms with Gasteiger partial charge in [-0.3, -0.25) is 4.79 Å². The highest BCUT2D eigenvalue weighted by molar-refractivity contribution is 6.13. The minimum atomic E-state index is 0.169. The van der Waals surface area contributed by atoms with Crippen molar-refractivity contribution in [3.05, 3.63) is 77.0 Å². The quantitative estimate of drug-likeness (QED) is 0.656. The summed E-state index contributed by atoms with van der Waals surface area (Å²) in [6.07, 6.45) is 5.77. The summed E-state index contributed by atoms with van der Waals surface area (Å²) in [7, 11) is 0. The maximum Gasteiger partial charge on any atom is 0.189 e. The highest BCUT2D eigenvalue weighted by atomic mass is 16.1. The summed E-state index contributed by atoms with van der Waals surface area (Å²) in [4.78, 5) is 15.9. The normalized spacial score (nSPS) is 16.4. The summed E-state index contributed by atoms with van der Waals surface area (Å²) >= 11 is 0. The lowest BCUT2D eigenvalue weighted by molar-refractivity contribution is 0.102. The van der Waals surface area contributed by atoms with Gasteiger partial charge in [-0.2, -0.15) is 0 Å². The Hall–Kier alpha value is -2.61. The van der Waals surface area contributed by atoms with E-state index in [1.165, 1.54) is 5.56 Å². The molecule has 1 heterocycles. The molecular formula is C19H15NO. The smallest absolute Gasteiger partial charge is 0.189 e. The summed E-state index contributed by atoms with van der Waals surface area (Å²) in [5.41, 5.74) is 5.12. The van der Waals surface area contributed by atoms with E-state index in [1.807, 2.05) is 42.6 Å². The number of Topliss-reactive ketones (excluding diaryl/α,β-unsaturated/α-hetero) is 1. The van der Waals surface area contributed by atoms with Gasteiger partial charge in [0, 0.05) is 33.8 Å². The fraction of sp³-hybridized carbons (Fsp3) is 0.105. The SMILES string of the molecule is O=C1/C(=C\c2c[nH]c3ccccc23)CCc2ccccc21. The second-order valence-electron chi connectivity index (χ2n) is 5.45. The van der Waals surface area contributed by atoms with Crippen LogP contribution >= 0.6 is 0 Å². The number of allylic oxidation sites excluding steroid dienone is 1. The van der Waals surface area contributed by atoms with Gasteiger partial charge in [-0.05, 0) is 30.5 Å². The van der Waals surface area contributed by atoms with Gasteiger partial charge >= 0.3 is 0 Å². The predicted octanol–water partition coefficient (Wildman–Crippen LogP) is 4.38. The van der Waals surface area contributed by atoms with Crippen molar-refractivity contribution in [2.75, 3.05) is 0 Å². The number of benzene rings is 2. The van der Waals surface area contributed by atoms with Crippen molar-refractivity contribution >= 4 is 22.8 Å². The molecule has 3 aromatic rings. The Bertz CT molecular complexity index is 870. The molecule has 0 unspecified atom stereocenters. The number of fused-ring (bicyclic) bond motifs is 2. The third kappa shape index (κ3) is 2.00. The van der Waals surface area contributed by atoms with E-state index in [0.717, 1.165) is 40.4 Å². The molecule has 4 rings (SSSR count). The number of H-pyrrole nitrogens is 1. The lowest BCUT2D eigenvalue weighted by Gasteiger charge is -2.17. The third-order valence-electron chi connectivity index (χ3n) is 4.17. The van der Waals surface area contributed by atoms with Crippen LogP contribution < -0.4 is 0 Å². The Labute approximate surface area is 123 Å². The van der Waals surface area contributed by atoms with Crippen LogP contribution in [0, 0.1) is 0 Å². The van der Waals surface area contributed by atoms with Crippen molar-refractivity contribution in [1.29, 1.82) is 0 Å². The van der Waals surface area contributed by atoms with Crippen LogP contribution in [0.4, 0.5) is 0 Å². The number of hydrogen-bond acceptors (Lipinski definition) is 1. The summed E-state index contributed by atoms with van der Waals surface area (Å²) < 4.78 is 0. The van der Waals surface area contributed by atoms with Crippen LogP contribution in [-0.4, -0.2) is 10.8 Å².